The minimum absolute atomic E-state index is 0.278. The Morgan fingerprint density at radius 3 is 2.72 bits per heavy atom. The zero-order valence-corrected chi connectivity index (χ0v) is 18.4. The van der Waals surface area contributed by atoms with E-state index in [-0.39, 0.29) is 6.10 Å². The van der Waals surface area contributed by atoms with Crippen LogP contribution < -0.4 is 9.47 Å². The van der Waals surface area contributed by atoms with Crippen molar-refractivity contribution in [3.63, 3.8) is 0 Å². The summed E-state index contributed by atoms with van der Waals surface area (Å²) in [6.45, 7) is 3.87. The van der Waals surface area contributed by atoms with E-state index in [1.807, 2.05) is 31.6 Å². The second-order valence-corrected chi connectivity index (χ2v) is 8.79. The van der Waals surface area contributed by atoms with Gasteiger partial charge in [-0.05, 0) is 38.3 Å². The third-order valence-electron chi connectivity index (χ3n) is 5.27. The van der Waals surface area contributed by atoms with Crippen LogP contribution >= 0.6 is 0 Å². The molecule has 4 aromatic heterocycles. The Bertz CT molecular complexity index is 1250. The first-order chi connectivity index (χ1) is 15.4. The summed E-state index contributed by atoms with van der Waals surface area (Å²) >= 11 is 0. The van der Waals surface area contributed by atoms with Crippen LogP contribution in [0.15, 0.2) is 43.1 Å². The molecule has 0 aliphatic heterocycles. The van der Waals surface area contributed by atoms with Gasteiger partial charge in [0.05, 0.1) is 30.8 Å². The maximum Gasteiger partial charge on any atom is 0.214 e. The number of hydrogen-bond acceptors (Lipinski definition) is 7. The number of aromatic nitrogens is 6. The molecular weight excluding hydrogens is 408 g/mol. The highest BCUT2D eigenvalue weighted by atomic mass is 16.5. The summed E-state index contributed by atoms with van der Waals surface area (Å²) in [4.78, 5) is 9.24. The Kier molecular flexibility index (Phi) is 5.05. The monoisotopic (exact) mass is 434 g/mol. The van der Waals surface area contributed by atoms with Gasteiger partial charge >= 0.3 is 0 Å². The maximum atomic E-state index is 10.0. The van der Waals surface area contributed by atoms with Crippen LogP contribution in [0.2, 0.25) is 0 Å². The number of rotatable bonds is 8. The quantitative estimate of drug-likeness (QED) is 0.454. The summed E-state index contributed by atoms with van der Waals surface area (Å²) in [6.07, 6.45) is 11.9. The molecule has 0 spiro atoms. The smallest absolute Gasteiger partial charge is 0.214 e. The van der Waals surface area contributed by atoms with Gasteiger partial charge in [0.1, 0.15) is 11.8 Å². The van der Waals surface area contributed by atoms with Gasteiger partial charge in [0, 0.05) is 43.1 Å². The molecular formula is C23H26N6O3. The second kappa shape index (κ2) is 7.90. The third kappa shape index (κ3) is 4.43. The molecule has 9 nitrogen and oxygen atoms in total. The van der Waals surface area contributed by atoms with Gasteiger partial charge in [-0.25, -0.2) is 14.5 Å². The summed E-state index contributed by atoms with van der Waals surface area (Å²) in [5, 5.41) is 18.8. The Labute approximate surface area is 185 Å². The van der Waals surface area contributed by atoms with Crippen molar-refractivity contribution in [2.45, 2.75) is 44.8 Å². The zero-order valence-electron chi connectivity index (χ0n) is 18.4. The fraction of sp³-hybridized carbons (Fsp3) is 0.391. The first-order valence-corrected chi connectivity index (χ1v) is 10.7. The molecule has 1 aliphatic carbocycles. The van der Waals surface area contributed by atoms with Gasteiger partial charge in [0.2, 0.25) is 5.88 Å². The summed E-state index contributed by atoms with van der Waals surface area (Å²) < 4.78 is 15.3. The fourth-order valence-electron chi connectivity index (χ4n) is 3.36. The Balaban J connectivity index is 1.54. The van der Waals surface area contributed by atoms with Crippen LogP contribution in [-0.2, 0) is 7.05 Å². The average Bonchev–Trinajstić information content (AvgIpc) is 3.29. The largest absolute Gasteiger partial charge is 0.490 e. The van der Waals surface area contributed by atoms with Crippen molar-refractivity contribution in [3.05, 3.63) is 43.1 Å². The van der Waals surface area contributed by atoms with Crippen molar-refractivity contribution in [2.75, 3.05) is 6.61 Å². The topological polar surface area (TPSA) is 99.6 Å². The molecule has 1 aliphatic rings. The Hall–Kier alpha value is -3.46. The van der Waals surface area contributed by atoms with Gasteiger partial charge < -0.3 is 14.6 Å². The minimum atomic E-state index is -0.813. The van der Waals surface area contributed by atoms with Gasteiger partial charge in [0.15, 0.2) is 11.4 Å². The molecule has 4 heterocycles. The molecule has 32 heavy (non-hydrogen) atoms. The van der Waals surface area contributed by atoms with Crippen molar-refractivity contribution in [2.24, 2.45) is 7.05 Å². The Morgan fingerprint density at radius 2 is 2.00 bits per heavy atom. The van der Waals surface area contributed by atoms with Crippen molar-refractivity contribution < 1.29 is 14.6 Å². The van der Waals surface area contributed by atoms with Gasteiger partial charge in [-0.2, -0.15) is 10.2 Å². The van der Waals surface area contributed by atoms with Crippen molar-refractivity contribution >= 4 is 5.65 Å². The Morgan fingerprint density at radius 1 is 1.16 bits per heavy atom. The molecule has 0 amide bonds. The number of aliphatic hydroxyl groups is 1. The summed E-state index contributed by atoms with van der Waals surface area (Å²) in [7, 11) is 1.86. The van der Waals surface area contributed by atoms with Crippen LogP contribution in [0.25, 0.3) is 28.0 Å². The van der Waals surface area contributed by atoms with Gasteiger partial charge in [-0.1, -0.05) is 0 Å². The van der Waals surface area contributed by atoms with Gasteiger partial charge in [-0.3, -0.25) is 4.68 Å². The number of pyridine rings is 1. The van der Waals surface area contributed by atoms with Crippen LogP contribution in [0.5, 0.6) is 11.6 Å². The second-order valence-electron chi connectivity index (χ2n) is 8.79. The van der Waals surface area contributed by atoms with Crippen LogP contribution in [0.4, 0.5) is 0 Å². The van der Waals surface area contributed by atoms with Crippen molar-refractivity contribution in [1.29, 1.82) is 0 Å². The highest BCUT2D eigenvalue weighted by Crippen LogP contribution is 2.33. The standard InChI is InChI=1S/C23H26N6O3/c1-23(2,30)7-9-31-19-14-29-22(27-21(19)16-11-25-28(3)13-16)18(12-26-29)15-6-8-24-20(10-15)32-17-4-5-17/h6,8,10-14,17,30H,4-5,7,9H2,1-3H3. The van der Waals surface area contributed by atoms with E-state index in [0.717, 1.165) is 29.5 Å². The number of ether oxygens (including phenoxy) is 2. The zero-order chi connectivity index (χ0) is 22.3. The first-order valence-electron chi connectivity index (χ1n) is 10.7. The molecule has 5 rings (SSSR count). The average molecular weight is 435 g/mol. The maximum absolute atomic E-state index is 10.0. The molecule has 0 aromatic carbocycles. The van der Waals surface area contributed by atoms with Crippen molar-refractivity contribution in [3.8, 4) is 34.0 Å². The number of aryl methyl sites for hydroxylation is 1. The molecule has 0 bridgehead atoms. The normalized spacial score (nSPS) is 14.1. The lowest BCUT2D eigenvalue weighted by atomic mass is 10.1. The van der Waals surface area contributed by atoms with Crippen LogP contribution in [0, 0.1) is 0 Å². The highest BCUT2D eigenvalue weighted by molar-refractivity contribution is 5.80. The lowest BCUT2D eigenvalue weighted by molar-refractivity contribution is 0.0553. The predicted octanol–water partition coefficient (Wildman–Crippen LogP) is 3.27. The van der Waals surface area contributed by atoms with Crippen molar-refractivity contribution in [1.82, 2.24) is 29.4 Å². The van der Waals surface area contributed by atoms with E-state index in [1.54, 1.807) is 41.6 Å². The van der Waals surface area contributed by atoms with E-state index in [2.05, 4.69) is 15.2 Å². The molecule has 1 fully saturated rings. The van der Waals surface area contributed by atoms with Crippen LogP contribution in [-0.4, -0.2) is 52.8 Å². The van der Waals surface area contributed by atoms with Crippen LogP contribution in [0.3, 0.4) is 0 Å². The fourth-order valence-corrected chi connectivity index (χ4v) is 3.36. The summed E-state index contributed by atoms with van der Waals surface area (Å²) in [6, 6.07) is 3.85. The third-order valence-corrected chi connectivity index (χ3v) is 5.27. The number of hydrogen-bond donors (Lipinski definition) is 1. The molecule has 9 heteroatoms. The highest BCUT2D eigenvalue weighted by Gasteiger charge is 2.24. The molecule has 0 saturated heterocycles. The number of fused-ring (bicyclic) bond motifs is 1. The lowest BCUT2D eigenvalue weighted by Gasteiger charge is -2.18. The molecule has 0 radical (unpaired) electrons. The van der Waals surface area contributed by atoms with Gasteiger partial charge in [0.25, 0.3) is 0 Å². The minimum Gasteiger partial charge on any atom is -0.490 e. The van der Waals surface area contributed by atoms with E-state index >= 15 is 0 Å². The molecule has 1 saturated carbocycles. The summed E-state index contributed by atoms with van der Waals surface area (Å²) in [5.74, 6) is 1.19. The molecule has 0 unspecified atom stereocenters. The summed E-state index contributed by atoms with van der Waals surface area (Å²) in [5.41, 5.74) is 3.21. The molecule has 0 atom stereocenters. The SMILES string of the molecule is Cn1cc(-c2nc3c(-c4ccnc(OC5CC5)c4)cnn3cc2OCCC(C)(C)O)cn1. The predicted molar refractivity (Wildman–Crippen MR) is 118 cm³/mol. The molecule has 1 N–H and O–H groups in total. The van der Waals surface area contributed by atoms with Gasteiger partial charge in [-0.15, -0.1) is 0 Å². The number of nitrogens with zero attached hydrogens (tertiary/aromatic N) is 6. The first kappa shape index (κ1) is 20.4. The molecule has 166 valence electrons. The lowest BCUT2D eigenvalue weighted by Crippen LogP contribution is -2.22. The van der Waals surface area contributed by atoms with E-state index in [4.69, 9.17) is 14.5 Å². The molecule has 4 aromatic rings. The van der Waals surface area contributed by atoms with E-state index < -0.39 is 5.60 Å². The van der Waals surface area contributed by atoms with E-state index in [9.17, 15) is 5.11 Å². The van der Waals surface area contributed by atoms with E-state index in [1.165, 1.54) is 0 Å². The van der Waals surface area contributed by atoms with Crippen LogP contribution in [0.1, 0.15) is 33.1 Å². The van der Waals surface area contributed by atoms with E-state index in [0.29, 0.717) is 36.0 Å².